The lowest BCUT2D eigenvalue weighted by Gasteiger charge is -2.56. The molecule has 0 bridgehead atoms. The first-order chi connectivity index (χ1) is 17.2. The molecule has 3 atom stereocenters. The Balaban J connectivity index is 1.85. The van der Waals surface area contributed by atoms with Crippen LogP contribution in [0.5, 0.6) is 0 Å². The van der Waals surface area contributed by atoms with Gasteiger partial charge in [-0.05, 0) is 43.1 Å². The summed E-state index contributed by atoms with van der Waals surface area (Å²) in [5.41, 5.74) is -0.510. The number of thioether (sulfide) groups is 2. The Morgan fingerprint density at radius 3 is 2.32 bits per heavy atom. The molecule has 1 aromatic rings. The van der Waals surface area contributed by atoms with Crippen LogP contribution in [0.2, 0.25) is 13.1 Å². The highest BCUT2D eigenvalue weighted by atomic mass is 32.2. The van der Waals surface area contributed by atoms with Crippen LogP contribution in [0.1, 0.15) is 33.3 Å². The fourth-order valence-corrected chi connectivity index (χ4v) is 8.45. The fraction of sp³-hybridized carbons (Fsp3) is 0.542. The average molecular weight is 569 g/mol. The highest BCUT2D eigenvalue weighted by molar-refractivity contribution is 8.23. The first kappa shape index (κ1) is 29.2. The predicted molar refractivity (Wildman–Crippen MR) is 144 cm³/mol. The standard InChI is InChI=1S/C24H32N2O8S2Si/c1-23(2,3)24(4,34-37(6)7)17-19(28)25-18(22(36-20(17)25)35-13-16(27)32-5)21(29)33-12-14-8-10-15(11-9-14)26(30)31/h8-11,17,20,37H,12-13H2,1-7H3/t17?,20-,24?/m1/s1. The number of rotatable bonds is 10. The van der Waals surface area contributed by atoms with Crippen molar-refractivity contribution in [2.45, 2.75) is 58.4 Å². The van der Waals surface area contributed by atoms with Gasteiger partial charge in [-0.3, -0.25) is 24.6 Å². The molecule has 1 fully saturated rings. The van der Waals surface area contributed by atoms with E-state index in [1.165, 1.54) is 48.0 Å². The van der Waals surface area contributed by atoms with Gasteiger partial charge in [0.25, 0.3) is 5.69 Å². The summed E-state index contributed by atoms with van der Waals surface area (Å²) in [6.07, 6.45) is 0. The maximum absolute atomic E-state index is 13.6. The number of benzene rings is 1. The van der Waals surface area contributed by atoms with E-state index in [0.717, 1.165) is 11.8 Å². The molecule has 1 aromatic carbocycles. The summed E-state index contributed by atoms with van der Waals surface area (Å²) in [6.45, 7) is 12.1. The molecule has 0 aromatic heterocycles. The highest BCUT2D eigenvalue weighted by Gasteiger charge is 2.65. The van der Waals surface area contributed by atoms with Crippen molar-refractivity contribution in [3.63, 3.8) is 0 Å². The first-order valence-electron chi connectivity index (χ1n) is 11.7. The number of amides is 1. The van der Waals surface area contributed by atoms with Crippen LogP contribution < -0.4 is 0 Å². The lowest BCUT2D eigenvalue weighted by molar-refractivity contribution is -0.384. The van der Waals surface area contributed by atoms with E-state index in [1.807, 2.05) is 27.7 Å². The maximum atomic E-state index is 13.6. The third-order valence-electron chi connectivity index (χ3n) is 6.53. The van der Waals surface area contributed by atoms with Gasteiger partial charge in [0.2, 0.25) is 5.91 Å². The molecule has 0 N–H and O–H groups in total. The number of carbonyl (C=O) groups is 3. The van der Waals surface area contributed by atoms with Gasteiger partial charge in [-0.25, -0.2) is 4.79 Å². The molecule has 1 amide bonds. The molecule has 2 aliphatic rings. The Morgan fingerprint density at radius 2 is 1.81 bits per heavy atom. The number of esters is 2. The molecule has 37 heavy (non-hydrogen) atoms. The summed E-state index contributed by atoms with van der Waals surface area (Å²) in [7, 11) is -0.245. The number of non-ortho nitro benzene ring substituents is 1. The molecule has 0 spiro atoms. The van der Waals surface area contributed by atoms with Gasteiger partial charge in [-0.1, -0.05) is 32.5 Å². The van der Waals surface area contributed by atoms with Gasteiger partial charge in [0.1, 0.15) is 12.0 Å². The molecule has 0 radical (unpaired) electrons. The Kier molecular flexibility index (Phi) is 8.82. The minimum absolute atomic E-state index is 0.0245. The fourth-order valence-electron chi connectivity index (χ4n) is 4.20. The van der Waals surface area contributed by atoms with Crippen LogP contribution in [0.4, 0.5) is 5.69 Å². The molecular formula is C24H32N2O8S2Si. The van der Waals surface area contributed by atoms with Crippen LogP contribution in [0.15, 0.2) is 34.2 Å². The minimum Gasteiger partial charge on any atom is -0.468 e. The number of nitro benzene ring substituents is 1. The van der Waals surface area contributed by atoms with Gasteiger partial charge >= 0.3 is 11.9 Å². The smallest absolute Gasteiger partial charge is 0.357 e. The molecular weight excluding hydrogens is 536 g/mol. The number of hydrogen-bond donors (Lipinski definition) is 0. The zero-order valence-corrected chi connectivity index (χ0v) is 24.7. The van der Waals surface area contributed by atoms with Gasteiger partial charge in [0.15, 0.2) is 14.7 Å². The van der Waals surface area contributed by atoms with E-state index in [9.17, 15) is 24.5 Å². The number of carbonyl (C=O) groups excluding carboxylic acids is 3. The average Bonchev–Trinajstić information content (AvgIpc) is 3.14. The van der Waals surface area contributed by atoms with Crippen molar-refractivity contribution < 1.29 is 33.2 Å². The highest BCUT2D eigenvalue weighted by Crippen LogP contribution is 2.59. The predicted octanol–water partition coefficient (Wildman–Crippen LogP) is 4.05. The largest absolute Gasteiger partial charge is 0.468 e. The first-order valence-corrected chi connectivity index (χ1v) is 16.4. The molecule has 0 aliphatic carbocycles. The molecule has 10 nitrogen and oxygen atoms in total. The van der Waals surface area contributed by atoms with Crippen LogP contribution in [0.25, 0.3) is 0 Å². The lowest BCUT2D eigenvalue weighted by atomic mass is 9.66. The maximum Gasteiger partial charge on any atom is 0.357 e. The van der Waals surface area contributed by atoms with Crippen molar-refractivity contribution in [2.75, 3.05) is 12.9 Å². The summed E-state index contributed by atoms with van der Waals surface area (Å²) in [5, 5.41) is 10.5. The number of ether oxygens (including phenoxy) is 2. The van der Waals surface area contributed by atoms with Crippen molar-refractivity contribution in [3.05, 3.63) is 49.9 Å². The third kappa shape index (κ3) is 5.89. The Bertz CT molecular complexity index is 1120. The zero-order valence-electron chi connectivity index (χ0n) is 21.9. The SMILES string of the molecule is COC(=O)CSC1=C(C(=O)OCc2ccc([N+](=O)[O-])cc2)N2C(=O)C(C(C)(O[SiH](C)C)C(C)(C)C)[C@H]2S1. The second-order valence-electron chi connectivity index (χ2n) is 10.2. The van der Waals surface area contributed by atoms with Crippen molar-refractivity contribution >= 4 is 56.1 Å². The number of β-lactam (4-membered cyclic amide) rings is 1. The molecule has 3 rings (SSSR count). The minimum atomic E-state index is -1.53. The molecule has 13 heteroatoms. The van der Waals surface area contributed by atoms with E-state index in [0.29, 0.717) is 9.80 Å². The van der Waals surface area contributed by atoms with Gasteiger partial charge in [0.05, 0.1) is 33.5 Å². The molecule has 2 heterocycles. The molecule has 1 saturated heterocycles. The molecule has 0 saturated carbocycles. The zero-order chi connectivity index (χ0) is 27.7. The Labute approximate surface area is 226 Å². The van der Waals surface area contributed by atoms with E-state index < -0.39 is 37.4 Å². The van der Waals surface area contributed by atoms with Crippen LogP contribution in [-0.4, -0.2) is 60.5 Å². The van der Waals surface area contributed by atoms with Crippen LogP contribution in [-0.2, 0) is 34.9 Å². The molecule has 202 valence electrons. The van der Waals surface area contributed by atoms with Gasteiger partial charge in [0, 0.05) is 12.1 Å². The summed E-state index contributed by atoms with van der Waals surface area (Å²) in [4.78, 5) is 50.5. The summed E-state index contributed by atoms with van der Waals surface area (Å²) in [6, 6.07) is 5.67. The van der Waals surface area contributed by atoms with E-state index in [1.54, 1.807) is 0 Å². The van der Waals surface area contributed by atoms with Gasteiger partial charge in [-0.15, -0.1) is 11.8 Å². The second kappa shape index (κ2) is 11.2. The van der Waals surface area contributed by atoms with Crippen molar-refractivity contribution in [3.8, 4) is 0 Å². The second-order valence-corrected chi connectivity index (χ2v) is 14.9. The number of hydrogen-bond acceptors (Lipinski definition) is 10. The van der Waals surface area contributed by atoms with E-state index in [-0.39, 0.29) is 40.4 Å². The summed E-state index contributed by atoms with van der Waals surface area (Å²) >= 11 is 2.49. The van der Waals surface area contributed by atoms with Gasteiger partial charge < -0.3 is 13.9 Å². The topological polar surface area (TPSA) is 125 Å². The Hall–Kier alpha value is -2.35. The van der Waals surface area contributed by atoms with Gasteiger partial charge in [-0.2, -0.15) is 0 Å². The van der Waals surface area contributed by atoms with Crippen molar-refractivity contribution in [1.82, 2.24) is 4.90 Å². The monoisotopic (exact) mass is 568 g/mol. The summed E-state index contributed by atoms with van der Waals surface area (Å²) < 4.78 is 17.2. The summed E-state index contributed by atoms with van der Waals surface area (Å²) in [5.74, 6) is -1.89. The normalized spacial score (nSPS) is 20.9. The lowest BCUT2D eigenvalue weighted by Crippen LogP contribution is -2.69. The van der Waals surface area contributed by atoms with Crippen molar-refractivity contribution in [1.29, 1.82) is 0 Å². The number of nitrogens with zero attached hydrogens (tertiary/aromatic N) is 2. The number of methoxy groups -OCH3 is 1. The molecule has 2 unspecified atom stereocenters. The Morgan fingerprint density at radius 1 is 1.19 bits per heavy atom. The van der Waals surface area contributed by atoms with Crippen molar-refractivity contribution in [2.24, 2.45) is 11.3 Å². The van der Waals surface area contributed by atoms with Crippen LogP contribution >= 0.6 is 23.5 Å². The quantitative estimate of drug-likeness (QED) is 0.134. The van der Waals surface area contributed by atoms with Crippen LogP contribution in [0, 0.1) is 21.4 Å². The van der Waals surface area contributed by atoms with E-state index in [4.69, 9.17) is 13.9 Å². The van der Waals surface area contributed by atoms with E-state index >= 15 is 0 Å². The van der Waals surface area contributed by atoms with E-state index in [2.05, 4.69) is 13.1 Å². The van der Waals surface area contributed by atoms with Crippen LogP contribution in [0.3, 0.4) is 0 Å². The number of nitro groups is 1. The third-order valence-corrected chi connectivity index (χ3v) is 10.1. The molecule has 2 aliphatic heterocycles. The number of fused-ring (bicyclic) bond motifs is 1.